The summed E-state index contributed by atoms with van der Waals surface area (Å²) in [5.74, 6) is -0.207. The van der Waals surface area contributed by atoms with Crippen LogP contribution in [0.1, 0.15) is 271 Å². The number of likely N-dealkylation sites (N-methyl/N-ethyl adjacent to an activating group) is 1. The molecule has 3 atom stereocenters. The van der Waals surface area contributed by atoms with Crippen molar-refractivity contribution in [1.29, 1.82) is 0 Å². The molecule has 70 heavy (non-hydrogen) atoms. The van der Waals surface area contributed by atoms with Crippen molar-refractivity contribution in [3.05, 3.63) is 60.8 Å². The summed E-state index contributed by atoms with van der Waals surface area (Å²) in [6.07, 6.45) is 70.7. The Hall–Kier alpha value is -1.80. The zero-order valence-electron chi connectivity index (χ0n) is 46.7. The number of rotatable bonds is 54. The number of unbranched alkanes of at least 4 members (excludes halogenated alkanes) is 33. The average Bonchev–Trinajstić information content (AvgIpc) is 3.32. The van der Waals surface area contributed by atoms with Crippen molar-refractivity contribution in [3.63, 3.8) is 0 Å². The Morgan fingerprint density at radius 2 is 0.843 bits per heavy atom. The quantitative estimate of drug-likeness (QED) is 0.0272. The van der Waals surface area contributed by atoms with Gasteiger partial charge in [0.05, 0.1) is 39.9 Å². The monoisotopic (exact) mass is 1000 g/mol. The van der Waals surface area contributed by atoms with Gasteiger partial charge in [-0.15, -0.1) is 0 Å². The molecule has 0 rings (SSSR count). The van der Waals surface area contributed by atoms with Crippen LogP contribution in [-0.2, 0) is 18.4 Å². The second kappa shape index (κ2) is 52.1. The number of nitrogens with zero attached hydrogens (tertiary/aromatic N) is 1. The molecule has 1 amide bonds. The van der Waals surface area contributed by atoms with E-state index in [-0.39, 0.29) is 12.5 Å². The molecule has 3 unspecified atom stereocenters. The third-order valence-electron chi connectivity index (χ3n) is 13.2. The first-order valence-corrected chi connectivity index (χ1v) is 31.1. The molecule has 0 heterocycles. The Balaban J connectivity index is 3.82. The molecule has 0 spiro atoms. The number of hydrogen-bond acceptors (Lipinski definition) is 6. The summed E-state index contributed by atoms with van der Waals surface area (Å²) < 4.78 is 23.2. The highest BCUT2D eigenvalue weighted by Gasteiger charge is 2.23. The summed E-state index contributed by atoms with van der Waals surface area (Å²) in [7, 11) is 1.25. The van der Waals surface area contributed by atoms with E-state index in [1.54, 1.807) is 6.08 Å². The predicted molar refractivity (Wildman–Crippen MR) is 302 cm³/mol. The van der Waals surface area contributed by atoms with Gasteiger partial charge in [-0.1, -0.05) is 254 Å². The zero-order valence-corrected chi connectivity index (χ0v) is 47.6. The van der Waals surface area contributed by atoms with E-state index >= 15 is 0 Å². The second-order valence-corrected chi connectivity index (χ2v) is 22.8. The smallest absolute Gasteiger partial charge is 0.268 e. The van der Waals surface area contributed by atoms with Crippen LogP contribution in [0, 0.1) is 0 Å². The minimum atomic E-state index is -4.59. The minimum Gasteiger partial charge on any atom is -0.756 e. The van der Waals surface area contributed by atoms with E-state index in [1.807, 2.05) is 27.2 Å². The highest BCUT2D eigenvalue weighted by molar-refractivity contribution is 7.45. The van der Waals surface area contributed by atoms with Crippen LogP contribution >= 0.6 is 7.82 Å². The molecule has 0 radical (unpaired) electrons. The molecule has 9 heteroatoms. The van der Waals surface area contributed by atoms with Crippen LogP contribution in [0.3, 0.4) is 0 Å². The van der Waals surface area contributed by atoms with E-state index in [2.05, 4.69) is 67.8 Å². The molecule has 0 aromatic rings. The van der Waals surface area contributed by atoms with Crippen molar-refractivity contribution < 1.29 is 32.9 Å². The largest absolute Gasteiger partial charge is 0.756 e. The standard InChI is InChI=1S/C61H115N2O6P/c1-6-8-10-12-14-16-17-18-19-20-21-22-23-24-25-26-27-28-29-30-31-32-33-34-35-36-37-38-39-40-41-42-43-44-45-47-49-51-53-55-61(65)62-59(58-69-70(66,67)68-57-56-63(3,4)5)60(64)54-52-50-48-46-15-13-11-9-7-2/h15,17-18,20-21,23-24,46,52,54,59-60,64H,6-14,16,19,22,25-45,47-51,53,55-58H2,1-5H3,(H-,62,65,66,67)/b18-17-,21-20-,24-23-,46-15+,54-52+. The summed E-state index contributed by atoms with van der Waals surface area (Å²) >= 11 is 0. The number of carbonyl (C=O) groups excluding carboxylic acids is 1. The summed E-state index contributed by atoms with van der Waals surface area (Å²) in [6.45, 7) is 4.57. The van der Waals surface area contributed by atoms with Crippen LogP contribution < -0.4 is 10.2 Å². The number of carbonyl (C=O) groups is 1. The number of quaternary nitrogens is 1. The van der Waals surface area contributed by atoms with Gasteiger partial charge in [-0.2, -0.15) is 0 Å². The van der Waals surface area contributed by atoms with Crippen molar-refractivity contribution in [1.82, 2.24) is 5.32 Å². The fourth-order valence-electron chi connectivity index (χ4n) is 8.53. The van der Waals surface area contributed by atoms with Crippen LogP contribution in [0.5, 0.6) is 0 Å². The molecular formula is C61H115N2O6P. The molecular weight excluding hydrogens is 888 g/mol. The fraction of sp³-hybridized carbons (Fsp3) is 0.820. The number of hydrogen-bond donors (Lipinski definition) is 2. The maximum absolute atomic E-state index is 12.9. The number of aliphatic hydroxyl groups is 1. The number of allylic oxidation sites excluding steroid dienone is 9. The maximum Gasteiger partial charge on any atom is 0.268 e. The van der Waals surface area contributed by atoms with Gasteiger partial charge < -0.3 is 28.8 Å². The minimum absolute atomic E-state index is 0.00650. The molecule has 0 aliphatic rings. The van der Waals surface area contributed by atoms with Crippen LogP contribution in [0.4, 0.5) is 0 Å². The molecule has 2 N–H and O–H groups in total. The summed E-state index contributed by atoms with van der Waals surface area (Å²) in [6, 6.07) is -0.901. The topological polar surface area (TPSA) is 108 Å². The Labute approximate surface area is 434 Å². The van der Waals surface area contributed by atoms with E-state index in [0.717, 1.165) is 51.4 Å². The molecule has 0 aliphatic carbocycles. The molecule has 0 aromatic heterocycles. The van der Waals surface area contributed by atoms with Crippen LogP contribution in [0.25, 0.3) is 0 Å². The van der Waals surface area contributed by atoms with Crippen molar-refractivity contribution >= 4 is 13.7 Å². The fourth-order valence-corrected chi connectivity index (χ4v) is 9.25. The van der Waals surface area contributed by atoms with Crippen molar-refractivity contribution in [2.75, 3.05) is 40.9 Å². The van der Waals surface area contributed by atoms with Gasteiger partial charge in [0.25, 0.3) is 7.82 Å². The third-order valence-corrected chi connectivity index (χ3v) is 14.2. The van der Waals surface area contributed by atoms with E-state index in [1.165, 1.54) is 199 Å². The SMILES string of the molecule is CCCCC/C=C/CC/C=C/C(O)C(COP(=O)([O-])OCC[N+](C)(C)C)NC(=O)CCCCCCCCCCCCCCCCCCCCCCCCCC/C=C\C/C=C\C/C=C\CCCCCCC. The van der Waals surface area contributed by atoms with Gasteiger partial charge in [0.1, 0.15) is 13.2 Å². The third kappa shape index (κ3) is 54.0. The van der Waals surface area contributed by atoms with Gasteiger partial charge in [0, 0.05) is 6.42 Å². The van der Waals surface area contributed by atoms with E-state index < -0.39 is 26.6 Å². The van der Waals surface area contributed by atoms with Gasteiger partial charge in [-0.3, -0.25) is 9.36 Å². The lowest BCUT2D eigenvalue weighted by molar-refractivity contribution is -0.870. The predicted octanol–water partition coefficient (Wildman–Crippen LogP) is 17.5. The normalized spacial score (nSPS) is 14.3. The number of phosphoric ester groups is 1. The van der Waals surface area contributed by atoms with Gasteiger partial charge in [-0.05, 0) is 70.6 Å². The zero-order chi connectivity index (χ0) is 51.3. The van der Waals surface area contributed by atoms with Crippen molar-refractivity contribution in [2.45, 2.75) is 283 Å². The maximum atomic E-state index is 12.9. The van der Waals surface area contributed by atoms with Crippen molar-refractivity contribution in [3.8, 4) is 0 Å². The van der Waals surface area contributed by atoms with Gasteiger partial charge in [-0.25, -0.2) is 0 Å². The van der Waals surface area contributed by atoms with E-state index in [9.17, 15) is 19.4 Å². The Bertz CT molecular complexity index is 1320. The first kappa shape index (κ1) is 68.2. The molecule has 0 aromatic carbocycles. The van der Waals surface area contributed by atoms with Crippen molar-refractivity contribution in [2.24, 2.45) is 0 Å². The number of phosphoric acid groups is 1. The number of amides is 1. The Morgan fingerprint density at radius 3 is 1.29 bits per heavy atom. The van der Waals surface area contributed by atoms with Gasteiger partial charge in [0.2, 0.25) is 5.91 Å². The first-order valence-electron chi connectivity index (χ1n) is 29.7. The van der Waals surface area contributed by atoms with Crippen LogP contribution in [0.2, 0.25) is 0 Å². The first-order chi connectivity index (χ1) is 34.0. The van der Waals surface area contributed by atoms with Gasteiger partial charge in [0.15, 0.2) is 0 Å². The molecule has 0 saturated heterocycles. The Morgan fingerprint density at radius 1 is 0.500 bits per heavy atom. The highest BCUT2D eigenvalue weighted by atomic mass is 31.2. The summed E-state index contributed by atoms with van der Waals surface area (Å²) in [5.41, 5.74) is 0. The molecule has 0 bridgehead atoms. The van der Waals surface area contributed by atoms with E-state index in [0.29, 0.717) is 17.4 Å². The lowest BCUT2D eigenvalue weighted by atomic mass is 10.0. The number of aliphatic hydroxyl groups excluding tert-OH is 1. The average molecular weight is 1000 g/mol. The number of nitrogens with one attached hydrogen (secondary N) is 1. The van der Waals surface area contributed by atoms with E-state index in [4.69, 9.17) is 9.05 Å². The Kier molecular flexibility index (Phi) is 50.7. The molecule has 0 saturated carbocycles. The lowest BCUT2D eigenvalue weighted by Gasteiger charge is -2.29. The molecule has 8 nitrogen and oxygen atoms in total. The molecule has 0 aliphatic heterocycles. The lowest BCUT2D eigenvalue weighted by Crippen LogP contribution is -2.45. The summed E-state index contributed by atoms with van der Waals surface area (Å²) in [4.78, 5) is 25.3. The molecule has 0 fully saturated rings. The van der Waals surface area contributed by atoms with Crippen LogP contribution in [0.15, 0.2) is 60.8 Å². The van der Waals surface area contributed by atoms with Crippen LogP contribution in [-0.4, -0.2) is 68.5 Å². The second-order valence-electron chi connectivity index (χ2n) is 21.3. The van der Waals surface area contributed by atoms with Gasteiger partial charge >= 0.3 is 0 Å². The summed E-state index contributed by atoms with van der Waals surface area (Å²) in [5, 5.41) is 13.7. The molecule has 410 valence electrons. The highest BCUT2D eigenvalue weighted by Crippen LogP contribution is 2.38.